The average Bonchev–Trinajstić information content (AvgIpc) is 2.97. The summed E-state index contributed by atoms with van der Waals surface area (Å²) in [4.78, 5) is 9.13. The maximum Gasteiger partial charge on any atom is 0.231 e. The number of methoxy groups -OCH3 is 1. The zero-order chi connectivity index (χ0) is 14.8. The van der Waals surface area contributed by atoms with E-state index in [4.69, 9.17) is 14.2 Å². The van der Waals surface area contributed by atoms with Gasteiger partial charge in [-0.3, -0.25) is 0 Å². The third-order valence-electron chi connectivity index (χ3n) is 3.07. The van der Waals surface area contributed by atoms with E-state index in [1.54, 1.807) is 7.11 Å². The fraction of sp³-hybridized carbons (Fsp3) is 0.286. The molecule has 1 aromatic heterocycles. The van der Waals surface area contributed by atoms with E-state index in [0.29, 0.717) is 18.2 Å². The number of hydrogen-bond acceptors (Lipinski definition) is 6. The van der Waals surface area contributed by atoms with Gasteiger partial charge in [0, 0.05) is 19.7 Å². The molecule has 0 radical (unpaired) electrons. The normalized spacial score (nSPS) is 12.5. The first-order chi connectivity index (χ1) is 10.2. The summed E-state index contributed by atoms with van der Waals surface area (Å²) in [6.45, 7) is 0.691. The molecule has 7 heteroatoms. The van der Waals surface area contributed by atoms with Crippen LogP contribution in [0, 0.1) is 3.57 Å². The molecule has 1 aromatic carbocycles. The Labute approximate surface area is 136 Å². The molecule has 21 heavy (non-hydrogen) atoms. The lowest BCUT2D eigenvalue weighted by molar-refractivity contribution is 0.174. The van der Waals surface area contributed by atoms with Gasteiger partial charge < -0.3 is 19.5 Å². The topological polar surface area (TPSA) is 65.5 Å². The van der Waals surface area contributed by atoms with Crippen molar-refractivity contribution in [2.45, 2.75) is 6.61 Å². The molecule has 0 spiro atoms. The Kier molecular flexibility index (Phi) is 4.11. The van der Waals surface area contributed by atoms with E-state index in [9.17, 15) is 0 Å². The molecule has 0 unspecified atom stereocenters. The van der Waals surface area contributed by atoms with Crippen LogP contribution in [0.1, 0.15) is 5.69 Å². The number of hydrogen-bond donors (Lipinski definition) is 1. The Morgan fingerprint density at radius 1 is 1.29 bits per heavy atom. The van der Waals surface area contributed by atoms with E-state index in [1.165, 1.54) is 0 Å². The molecule has 1 aliphatic heterocycles. The minimum Gasteiger partial charge on any atom is -0.454 e. The van der Waals surface area contributed by atoms with E-state index < -0.39 is 0 Å². The summed E-state index contributed by atoms with van der Waals surface area (Å²) >= 11 is 2.22. The van der Waals surface area contributed by atoms with Crippen molar-refractivity contribution >= 4 is 28.4 Å². The first-order valence-electron chi connectivity index (χ1n) is 6.36. The van der Waals surface area contributed by atoms with Crippen molar-refractivity contribution in [1.82, 2.24) is 9.97 Å². The van der Waals surface area contributed by atoms with Crippen LogP contribution in [-0.2, 0) is 11.3 Å². The Morgan fingerprint density at radius 2 is 2.10 bits per heavy atom. The minimum atomic E-state index is 0.253. The molecule has 0 fully saturated rings. The number of benzene rings is 1. The summed E-state index contributed by atoms with van der Waals surface area (Å²) in [6.07, 6.45) is 0. The van der Waals surface area contributed by atoms with Gasteiger partial charge in [-0.15, -0.1) is 0 Å². The standard InChI is InChI=1S/C14H14IN3O3/c1-16-14-12(15)9(6-19-2)17-13(18-14)8-3-4-10-11(5-8)21-7-20-10/h3-5H,6-7H2,1-2H3,(H,16,17,18). The molecule has 2 heterocycles. The third kappa shape index (κ3) is 2.75. The van der Waals surface area contributed by atoms with Gasteiger partial charge in [-0.2, -0.15) is 0 Å². The molecule has 0 saturated carbocycles. The molecule has 1 aliphatic rings. The van der Waals surface area contributed by atoms with Crippen molar-refractivity contribution in [3.8, 4) is 22.9 Å². The van der Waals surface area contributed by atoms with Gasteiger partial charge in [-0.25, -0.2) is 9.97 Å². The Morgan fingerprint density at radius 3 is 2.86 bits per heavy atom. The van der Waals surface area contributed by atoms with Gasteiger partial charge >= 0.3 is 0 Å². The Hall–Kier alpha value is -1.61. The lowest BCUT2D eigenvalue weighted by atomic mass is 10.2. The van der Waals surface area contributed by atoms with Crippen molar-refractivity contribution < 1.29 is 14.2 Å². The molecule has 1 N–H and O–H groups in total. The Balaban J connectivity index is 2.07. The Bertz CT molecular complexity index is 679. The number of nitrogens with one attached hydrogen (secondary N) is 1. The van der Waals surface area contributed by atoms with Gasteiger partial charge in [0.15, 0.2) is 17.3 Å². The molecule has 3 rings (SSSR count). The predicted molar refractivity (Wildman–Crippen MR) is 86.6 cm³/mol. The minimum absolute atomic E-state index is 0.253. The lowest BCUT2D eigenvalue weighted by Crippen LogP contribution is -2.06. The first-order valence-corrected chi connectivity index (χ1v) is 7.44. The number of anilines is 1. The third-order valence-corrected chi connectivity index (χ3v) is 4.20. The maximum absolute atomic E-state index is 5.40. The van der Waals surface area contributed by atoms with Crippen LogP contribution in [0.15, 0.2) is 18.2 Å². The predicted octanol–water partition coefficient (Wildman–Crippen LogP) is 2.67. The van der Waals surface area contributed by atoms with Crippen LogP contribution < -0.4 is 14.8 Å². The molecule has 0 atom stereocenters. The van der Waals surface area contributed by atoms with Gasteiger partial charge in [0.1, 0.15) is 5.82 Å². The summed E-state index contributed by atoms with van der Waals surface area (Å²) in [7, 11) is 3.49. The average molecular weight is 399 g/mol. The van der Waals surface area contributed by atoms with Crippen LogP contribution in [0.2, 0.25) is 0 Å². The highest BCUT2D eigenvalue weighted by Crippen LogP contribution is 2.35. The second-order valence-electron chi connectivity index (χ2n) is 4.41. The van der Waals surface area contributed by atoms with Gasteiger partial charge in [0.05, 0.1) is 15.9 Å². The van der Waals surface area contributed by atoms with Crippen LogP contribution >= 0.6 is 22.6 Å². The van der Waals surface area contributed by atoms with Crippen LogP contribution in [-0.4, -0.2) is 30.9 Å². The largest absolute Gasteiger partial charge is 0.454 e. The molecule has 6 nitrogen and oxygen atoms in total. The maximum atomic E-state index is 5.40. The van der Waals surface area contributed by atoms with Crippen LogP contribution in [0.5, 0.6) is 11.5 Å². The van der Waals surface area contributed by atoms with E-state index in [2.05, 4.69) is 37.9 Å². The molecule has 2 aromatic rings. The molecule has 110 valence electrons. The zero-order valence-corrected chi connectivity index (χ0v) is 13.8. The first kappa shape index (κ1) is 14.3. The quantitative estimate of drug-likeness (QED) is 0.798. The second-order valence-corrected chi connectivity index (χ2v) is 5.49. The highest BCUT2D eigenvalue weighted by Gasteiger charge is 2.17. The smallest absolute Gasteiger partial charge is 0.231 e. The fourth-order valence-corrected chi connectivity index (χ4v) is 2.72. The highest BCUT2D eigenvalue weighted by molar-refractivity contribution is 14.1. The number of nitrogens with zero attached hydrogens (tertiary/aromatic N) is 2. The van der Waals surface area contributed by atoms with Crippen LogP contribution in [0.25, 0.3) is 11.4 Å². The van der Waals surface area contributed by atoms with Crippen molar-refractivity contribution in [3.63, 3.8) is 0 Å². The van der Waals surface area contributed by atoms with E-state index in [-0.39, 0.29) is 6.79 Å². The molecule has 0 bridgehead atoms. The summed E-state index contributed by atoms with van der Waals surface area (Å²) in [5.41, 5.74) is 1.73. The molecular weight excluding hydrogens is 385 g/mol. The number of halogens is 1. The fourth-order valence-electron chi connectivity index (χ4n) is 2.06. The lowest BCUT2D eigenvalue weighted by Gasteiger charge is -2.11. The second kappa shape index (κ2) is 6.02. The number of rotatable bonds is 4. The summed E-state index contributed by atoms with van der Waals surface area (Å²) in [6, 6.07) is 5.68. The summed E-state index contributed by atoms with van der Waals surface area (Å²) in [5.74, 6) is 2.87. The number of fused-ring (bicyclic) bond motifs is 1. The monoisotopic (exact) mass is 399 g/mol. The van der Waals surface area contributed by atoms with E-state index in [0.717, 1.165) is 26.4 Å². The van der Waals surface area contributed by atoms with Gasteiger partial charge in [-0.05, 0) is 40.8 Å². The van der Waals surface area contributed by atoms with Gasteiger partial charge in [0.2, 0.25) is 6.79 Å². The van der Waals surface area contributed by atoms with E-state index in [1.807, 2.05) is 25.2 Å². The zero-order valence-electron chi connectivity index (χ0n) is 11.6. The van der Waals surface area contributed by atoms with Crippen molar-refractivity contribution in [2.75, 3.05) is 26.3 Å². The molecule has 0 amide bonds. The van der Waals surface area contributed by atoms with Crippen molar-refractivity contribution in [3.05, 3.63) is 27.5 Å². The number of ether oxygens (including phenoxy) is 3. The summed E-state index contributed by atoms with van der Waals surface area (Å²) < 4.78 is 16.9. The SMILES string of the molecule is CNc1nc(-c2ccc3c(c2)OCO3)nc(COC)c1I. The summed E-state index contributed by atoms with van der Waals surface area (Å²) in [5, 5.41) is 3.09. The van der Waals surface area contributed by atoms with Gasteiger partial charge in [-0.1, -0.05) is 0 Å². The van der Waals surface area contributed by atoms with Crippen LogP contribution in [0.3, 0.4) is 0 Å². The van der Waals surface area contributed by atoms with Crippen molar-refractivity contribution in [2.24, 2.45) is 0 Å². The highest BCUT2D eigenvalue weighted by atomic mass is 127. The molecule has 0 saturated heterocycles. The van der Waals surface area contributed by atoms with Crippen LogP contribution in [0.4, 0.5) is 5.82 Å². The van der Waals surface area contributed by atoms with Gasteiger partial charge in [0.25, 0.3) is 0 Å². The van der Waals surface area contributed by atoms with E-state index >= 15 is 0 Å². The number of aromatic nitrogens is 2. The van der Waals surface area contributed by atoms with Crippen molar-refractivity contribution in [1.29, 1.82) is 0 Å². The molecular formula is C14H14IN3O3. The molecule has 0 aliphatic carbocycles.